The number of ether oxygens (including phenoxy) is 2. The van der Waals surface area contributed by atoms with Crippen LogP contribution in [0.25, 0.3) is 0 Å². The van der Waals surface area contributed by atoms with Crippen molar-refractivity contribution in [2.24, 2.45) is 0 Å². The van der Waals surface area contributed by atoms with Crippen molar-refractivity contribution in [3.05, 3.63) is 57.6 Å². The summed E-state index contributed by atoms with van der Waals surface area (Å²) in [5.74, 6) is 0.844. The molecule has 0 unspecified atom stereocenters. The van der Waals surface area contributed by atoms with E-state index in [1.54, 1.807) is 31.2 Å². The standard InChI is InChI=1S/C17H18N2O5/c1-11-4-6-13(19(21)22)10-14(11)18-17(20)9-12-5-7-15(23-2)16(8-12)24-3/h4-8,10H,9H2,1-3H3,(H,18,20). The highest BCUT2D eigenvalue weighted by atomic mass is 16.6. The van der Waals surface area contributed by atoms with Crippen molar-refractivity contribution in [1.29, 1.82) is 0 Å². The number of hydrogen-bond donors (Lipinski definition) is 1. The molecule has 2 aromatic rings. The molecule has 0 aliphatic heterocycles. The Morgan fingerprint density at radius 3 is 2.46 bits per heavy atom. The van der Waals surface area contributed by atoms with Crippen LogP contribution in [0, 0.1) is 17.0 Å². The van der Waals surface area contributed by atoms with Gasteiger partial charge in [0.25, 0.3) is 5.69 Å². The van der Waals surface area contributed by atoms with Gasteiger partial charge in [0, 0.05) is 12.1 Å². The second-order valence-electron chi connectivity index (χ2n) is 5.17. The van der Waals surface area contributed by atoms with Crippen LogP contribution in [0.3, 0.4) is 0 Å². The molecule has 2 aromatic carbocycles. The maximum Gasteiger partial charge on any atom is 0.271 e. The predicted molar refractivity (Wildman–Crippen MR) is 89.7 cm³/mol. The lowest BCUT2D eigenvalue weighted by molar-refractivity contribution is -0.384. The summed E-state index contributed by atoms with van der Waals surface area (Å²) >= 11 is 0. The summed E-state index contributed by atoms with van der Waals surface area (Å²) in [6, 6.07) is 9.56. The van der Waals surface area contributed by atoms with Gasteiger partial charge in [0.05, 0.1) is 31.3 Å². The van der Waals surface area contributed by atoms with E-state index in [9.17, 15) is 14.9 Å². The minimum absolute atomic E-state index is 0.0676. The van der Waals surface area contributed by atoms with E-state index < -0.39 is 4.92 Å². The Hall–Kier alpha value is -3.09. The molecule has 7 heteroatoms. The van der Waals surface area contributed by atoms with Gasteiger partial charge in [0.1, 0.15) is 0 Å². The second-order valence-corrected chi connectivity index (χ2v) is 5.17. The number of hydrogen-bond acceptors (Lipinski definition) is 5. The average molecular weight is 330 g/mol. The molecule has 1 N–H and O–H groups in total. The Morgan fingerprint density at radius 2 is 1.83 bits per heavy atom. The van der Waals surface area contributed by atoms with Crippen LogP contribution in [0.4, 0.5) is 11.4 Å². The molecule has 0 radical (unpaired) electrons. The van der Waals surface area contributed by atoms with Crippen molar-refractivity contribution in [1.82, 2.24) is 0 Å². The lowest BCUT2D eigenvalue weighted by atomic mass is 10.1. The molecule has 0 spiro atoms. The van der Waals surface area contributed by atoms with E-state index in [0.29, 0.717) is 17.2 Å². The Balaban J connectivity index is 2.14. The summed E-state index contributed by atoms with van der Waals surface area (Å²) in [7, 11) is 3.06. The van der Waals surface area contributed by atoms with Crippen LogP contribution in [0.2, 0.25) is 0 Å². The Bertz CT molecular complexity index is 774. The number of benzene rings is 2. The van der Waals surface area contributed by atoms with Gasteiger partial charge in [-0.05, 0) is 30.2 Å². The zero-order chi connectivity index (χ0) is 17.7. The fraction of sp³-hybridized carbons (Fsp3) is 0.235. The first kappa shape index (κ1) is 17.3. The maximum atomic E-state index is 12.2. The van der Waals surface area contributed by atoms with Crippen molar-refractivity contribution in [3.8, 4) is 11.5 Å². The molecule has 1 amide bonds. The minimum Gasteiger partial charge on any atom is -0.493 e. The zero-order valence-electron chi connectivity index (χ0n) is 13.7. The normalized spacial score (nSPS) is 10.1. The topological polar surface area (TPSA) is 90.7 Å². The van der Waals surface area contributed by atoms with Gasteiger partial charge in [-0.3, -0.25) is 14.9 Å². The van der Waals surface area contributed by atoms with Crippen LogP contribution in [0.1, 0.15) is 11.1 Å². The molecular weight excluding hydrogens is 312 g/mol. The number of aryl methyl sites for hydroxylation is 1. The number of carbonyl (C=O) groups is 1. The average Bonchev–Trinajstić information content (AvgIpc) is 2.56. The monoisotopic (exact) mass is 330 g/mol. The van der Waals surface area contributed by atoms with Crippen molar-refractivity contribution >= 4 is 17.3 Å². The molecule has 0 heterocycles. The molecule has 126 valence electrons. The molecule has 0 saturated heterocycles. The summed E-state index contributed by atoms with van der Waals surface area (Å²) in [5, 5.41) is 13.5. The number of methoxy groups -OCH3 is 2. The van der Waals surface area contributed by atoms with Gasteiger partial charge in [0.2, 0.25) is 5.91 Å². The van der Waals surface area contributed by atoms with E-state index in [1.165, 1.54) is 26.4 Å². The van der Waals surface area contributed by atoms with Crippen LogP contribution in [0.15, 0.2) is 36.4 Å². The van der Waals surface area contributed by atoms with Gasteiger partial charge >= 0.3 is 0 Å². The lowest BCUT2D eigenvalue weighted by Crippen LogP contribution is -2.15. The number of nitro groups is 1. The van der Waals surface area contributed by atoms with Gasteiger partial charge in [0.15, 0.2) is 11.5 Å². The largest absolute Gasteiger partial charge is 0.493 e. The van der Waals surface area contributed by atoms with Crippen molar-refractivity contribution < 1.29 is 19.2 Å². The fourth-order valence-corrected chi connectivity index (χ4v) is 2.23. The van der Waals surface area contributed by atoms with Crippen LogP contribution in [-0.2, 0) is 11.2 Å². The number of non-ortho nitro benzene ring substituents is 1. The SMILES string of the molecule is COc1ccc(CC(=O)Nc2cc([N+](=O)[O-])ccc2C)cc1OC. The highest BCUT2D eigenvalue weighted by molar-refractivity contribution is 5.93. The number of nitro benzene ring substituents is 1. The molecule has 0 fully saturated rings. The van der Waals surface area contributed by atoms with Crippen LogP contribution in [-0.4, -0.2) is 25.1 Å². The number of nitrogens with one attached hydrogen (secondary N) is 1. The summed E-state index contributed by atoms with van der Waals surface area (Å²) in [4.78, 5) is 22.6. The number of rotatable bonds is 6. The van der Waals surface area contributed by atoms with Crippen LogP contribution < -0.4 is 14.8 Å². The first-order chi connectivity index (χ1) is 11.4. The molecule has 0 bridgehead atoms. The number of nitrogens with zero attached hydrogens (tertiary/aromatic N) is 1. The molecule has 2 rings (SSSR count). The zero-order valence-corrected chi connectivity index (χ0v) is 13.7. The highest BCUT2D eigenvalue weighted by Crippen LogP contribution is 2.28. The van der Waals surface area contributed by atoms with E-state index in [1.807, 2.05) is 0 Å². The molecular formula is C17H18N2O5. The number of amides is 1. The smallest absolute Gasteiger partial charge is 0.271 e. The summed E-state index contributed by atoms with van der Waals surface area (Å²) in [6.07, 6.45) is 0.114. The van der Waals surface area contributed by atoms with E-state index in [-0.39, 0.29) is 18.0 Å². The first-order valence-electron chi connectivity index (χ1n) is 7.20. The molecule has 0 aromatic heterocycles. The van der Waals surface area contributed by atoms with Gasteiger partial charge < -0.3 is 14.8 Å². The summed E-state index contributed by atoms with van der Waals surface area (Å²) in [6.45, 7) is 1.77. The molecule has 7 nitrogen and oxygen atoms in total. The van der Waals surface area contributed by atoms with Gasteiger partial charge in [-0.15, -0.1) is 0 Å². The Labute approximate surface area is 139 Å². The van der Waals surface area contributed by atoms with Crippen molar-refractivity contribution in [2.75, 3.05) is 19.5 Å². The van der Waals surface area contributed by atoms with Crippen LogP contribution >= 0.6 is 0 Å². The second kappa shape index (κ2) is 7.45. The fourth-order valence-electron chi connectivity index (χ4n) is 2.23. The van der Waals surface area contributed by atoms with Gasteiger partial charge in [-0.2, -0.15) is 0 Å². The third kappa shape index (κ3) is 4.01. The lowest BCUT2D eigenvalue weighted by Gasteiger charge is -2.11. The van der Waals surface area contributed by atoms with Crippen LogP contribution in [0.5, 0.6) is 11.5 Å². The van der Waals surface area contributed by atoms with E-state index in [4.69, 9.17) is 9.47 Å². The van der Waals surface area contributed by atoms with Crippen molar-refractivity contribution in [2.45, 2.75) is 13.3 Å². The molecule has 0 aliphatic rings. The Kier molecular flexibility index (Phi) is 5.36. The van der Waals surface area contributed by atoms with E-state index in [2.05, 4.69) is 5.32 Å². The molecule has 0 aliphatic carbocycles. The maximum absolute atomic E-state index is 12.2. The van der Waals surface area contributed by atoms with E-state index >= 15 is 0 Å². The third-order valence-corrected chi connectivity index (χ3v) is 3.52. The van der Waals surface area contributed by atoms with Crippen molar-refractivity contribution in [3.63, 3.8) is 0 Å². The predicted octanol–water partition coefficient (Wildman–Crippen LogP) is 3.10. The molecule has 24 heavy (non-hydrogen) atoms. The molecule has 0 atom stereocenters. The quantitative estimate of drug-likeness (QED) is 0.649. The minimum atomic E-state index is -0.497. The highest BCUT2D eigenvalue weighted by Gasteiger charge is 2.12. The van der Waals surface area contributed by atoms with E-state index in [0.717, 1.165) is 11.1 Å². The van der Waals surface area contributed by atoms with Gasteiger partial charge in [-0.25, -0.2) is 0 Å². The number of anilines is 1. The first-order valence-corrected chi connectivity index (χ1v) is 7.20. The number of carbonyl (C=O) groups excluding carboxylic acids is 1. The van der Waals surface area contributed by atoms with Gasteiger partial charge in [-0.1, -0.05) is 12.1 Å². The summed E-state index contributed by atoms with van der Waals surface area (Å²) < 4.78 is 10.4. The Morgan fingerprint density at radius 1 is 1.12 bits per heavy atom. The molecule has 0 saturated carbocycles. The summed E-state index contributed by atoms with van der Waals surface area (Å²) in [5.41, 5.74) is 1.85. The third-order valence-electron chi connectivity index (χ3n) is 3.52.